The number of halogens is 3. The van der Waals surface area contributed by atoms with Gasteiger partial charge in [0.25, 0.3) is 0 Å². The maximum atomic E-state index is 13.0. The van der Waals surface area contributed by atoms with E-state index < -0.39 is 30.7 Å². The summed E-state index contributed by atoms with van der Waals surface area (Å²) in [6.07, 6.45) is -5.49. The Morgan fingerprint density at radius 2 is 2.11 bits per heavy atom. The van der Waals surface area contributed by atoms with Crippen molar-refractivity contribution in [2.45, 2.75) is 45.1 Å². The van der Waals surface area contributed by atoms with E-state index in [1.165, 1.54) is 16.2 Å². The van der Waals surface area contributed by atoms with Gasteiger partial charge in [0, 0.05) is 17.5 Å². The van der Waals surface area contributed by atoms with Crippen LogP contribution in [0.25, 0.3) is 0 Å². The third-order valence-corrected chi connectivity index (χ3v) is 3.59. The molecule has 1 N–H and O–H groups in total. The molecule has 1 atom stereocenters. The third-order valence-electron chi connectivity index (χ3n) is 2.73. The van der Waals surface area contributed by atoms with Crippen LogP contribution in [0.4, 0.5) is 13.2 Å². The Bertz CT molecular complexity index is 404. The van der Waals surface area contributed by atoms with E-state index in [2.05, 4.69) is 0 Å². The normalized spacial score (nSPS) is 14.1. The van der Waals surface area contributed by atoms with Gasteiger partial charge in [0.15, 0.2) is 0 Å². The third kappa shape index (κ3) is 4.83. The summed E-state index contributed by atoms with van der Waals surface area (Å²) in [6, 6.07) is 1.15. The van der Waals surface area contributed by atoms with E-state index in [0.717, 1.165) is 4.88 Å². The molecule has 0 aliphatic rings. The van der Waals surface area contributed by atoms with Crippen molar-refractivity contribution in [3.63, 3.8) is 0 Å². The number of nitrogens with zero attached hydrogens (tertiary/aromatic N) is 1. The summed E-state index contributed by atoms with van der Waals surface area (Å²) in [6.45, 7) is 3.37. The molecule has 19 heavy (non-hydrogen) atoms. The number of aliphatic carboxylic acids is 1. The van der Waals surface area contributed by atoms with Crippen LogP contribution in [0.1, 0.15) is 25.1 Å². The number of hydrogen-bond donors (Lipinski definition) is 1. The van der Waals surface area contributed by atoms with Gasteiger partial charge in [0.05, 0.1) is 6.42 Å². The fraction of sp³-hybridized carbons (Fsp3) is 0.583. The first-order chi connectivity index (χ1) is 8.71. The lowest BCUT2D eigenvalue weighted by Crippen LogP contribution is -2.49. The van der Waals surface area contributed by atoms with Crippen molar-refractivity contribution in [2.24, 2.45) is 0 Å². The Morgan fingerprint density at radius 1 is 1.47 bits per heavy atom. The lowest BCUT2D eigenvalue weighted by atomic mass is 10.1. The van der Waals surface area contributed by atoms with Crippen LogP contribution in [0.2, 0.25) is 0 Å². The summed E-state index contributed by atoms with van der Waals surface area (Å²) in [4.78, 5) is 12.6. The largest absolute Gasteiger partial charge is 0.481 e. The molecule has 0 amide bonds. The molecule has 0 saturated carbocycles. The minimum Gasteiger partial charge on any atom is -0.481 e. The molecule has 0 saturated heterocycles. The van der Waals surface area contributed by atoms with E-state index in [1.54, 1.807) is 31.4 Å². The Labute approximate surface area is 113 Å². The molecule has 0 fully saturated rings. The highest BCUT2D eigenvalue weighted by atomic mass is 32.1. The molecule has 1 aromatic heterocycles. The van der Waals surface area contributed by atoms with Crippen molar-refractivity contribution in [1.29, 1.82) is 0 Å². The van der Waals surface area contributed by atoms with Crippen LogP contribution < -0.4 is 0 Å². The van der Waals surface area contributed by atoms with Crippen molar-refractivity contribution >= 4 is 17.3 Å². The Morgan fingerprint density at radius 3 is 2.47 bits per heavy atom. The second kappa shape index (κ2) is 6.38. The maximum absolute atomic E-state index is 13.0. The summed E-state index contributed by atoms with van der Waals surface area (Å²) >= 11 is 1.36. The maximum Gasteiger partial charge on any atom is 0.404 e. The van der Waals surface area contributed by atoms with E-state index in [-0.39, 0.29) is 6.54 Å². The van der Waals surface area contributed by atoms with Crippen LogP contribution in [-0.2, 0) is 11.3 Å². The number of alkyl halides is 3. The Kier molecular flexibility index (Phi) is 5.37. The molecule has 1 heterocycles. The standard InChI is InChI=1S/C12H16F3NO2S/c1-8(2)16(7-9-4-3-5-19-9)10(6-11(17)18)12(13,14)15/h3-5,8,10H,6-7H2,1-2H3,(H,17,18). The summed E-state index contributed by atoms with van der Waals surface area (Å²) in [7, 11) is 0. The van der Waals surface area contributed by atoms with Crippen molar-refractivity contribution in [3.05, 3.63) is 22.4 Å². The number of rotatable bonds is 6. The summed E-state index contributed by atoms with van der Waals surface area (Å²) in [5.74, 6) is -1.45. The highest BCUT2D eigenvalue weighted by molar-refractivity contribution is 7.09. The first-order valence-electron chi connectivity index (χ1n) is 5.78. The highest BCUT2D eigenvalue weighted by Gasteiger charge is 2.45. The molecule has 0 radical (unpaired) electrons. The number of carbonyl (C=O) groups is 1. The lowest BCUT2D eigenvalue weighted by Gasteiger charge is -2.35. The van der Waals surface area contributed by atoms with Gasteiger partial charge < -0.3 is 5.11 Å². The molecule has 1 unspecified atom stereocenters. The molecular weight excluding hydrogens is 279 g/mol. The number of carboxylic acids is 1. The molecule has 0 aliphatic heterocycles. The van der Waals surface area contributed by atoms with Crippen molar-refractivity contribution in [3.8, 4) is 0 Å². The predicted molar refractivity (Wildman–Crippen MR) is 67.1 cm³/mol. The molecular formula is C12H16F3NO2S. The highest BCUT2D eigenvalue weighted by Crippen LogP contribution is 2.30. The molecule has 108 valence electrons. The average Bonchev–Trinajstić information content (AvgIpc) is 2.73. The van der Waals surface area contributed by atoms with E-state index >= 15 is 0 Å². The molecule has 1 aromatic rings. The van der Waals surface area contributed by atoms with Crippen LogP contribution in [0.5, 0.6) is 0 Å². The zero-order chi connectivity index (χ0) is 14.6. The number of carboxylic acid groups (broad SMARTS) is 1. The van der Waals surface area contributed by atoms with Gasteiger partial charge in [0.2, 0.25) is 0 Å². The molecule has 0 spiro atoms. The molecule has 0 aromatic carbocycles. The first-order valence-corrected chi connectivity index (χ1v) is 6.66. The van der Waals surface area contributed by atoms with Crippen molar-refractivity contribution in [1.82, 2.24) is 4.90 Å². The summed E-state index contributed by atoms with van der Waals surface area (Å²) in [5, 5.41) is 10.5. The van der Waals surface area contributed by atoms with Gasteiger partial charge in [-0.25, -0.2) is 0 Å². The Hall–Kier alpha value is -1.08. The lowest BCUT2D eigenvalue weighted by molar-refractivity contribution is -0.196. The van der Waals surface area contributed by atoms with Crippen LogP contribution in [0.15, 0.2) is 17.5 Å². The summed E-state index contributed by atoms with van der Waals surface area (Å²) in [5.41, 5.74) is 0. The number of hydrogen-bond acceptors (Lipinski definition) is 3. The Balaban J connectivity index is 2.95. The van der Waals surface area contributed by atoms with Crippen molar-refractivity contribution in [2.75, 3.05) is 0 Å². The van der Waals surface area contributed by atoms with Gasteiger partial charge >= 0.3 is 12.1 Å². The monoisotopic (exact) mass is 295 g/mol. The molecule has 1 rings (SSSR count). The van der Waals surface area contributed by atoms with Crippen LogP contribution in [-0.4, -0.2) is 34.2 Å². The van der Waals surface area contributed by atoms with Gasteiger partial charge in [-0.15, -0.1) is 11.3 Å². The minimum atomic E-state index is -4.56. The van der Waals surface area contributed by atoms with E-state index in [1.807, 2.05) is 0 Å². The van der Waals surface area contributed by atoms with Gasteiger partial charge in [-0.05, 0) is 25.3 Å². The predicted octanol–water partition coefficient (Wildman–Crippen LogP) is 3.36. The fourth-order valence-corrected chi connectivity index (χ4v) is 2.53. The zero-order valence-corrected chi connectivity index (χ0v) is 11.5. The SMILES string of the molecule is CC(C)N(Cc1cccs1)C(CC(=O)O)C(F)(F)F. The smallest absolute Gasteiger partial charge is 0.404 e. The molecule has 3 nitrogen and oxygen atoms in total. The quantitative estimate of drug-likeness (QED) is 0.875. The van der Waals surface area contributed by atoms with Crippen LogP contribution in [0.3, 0.4) is 0 Å². The van der Waals surface area contributed by atoms with E-state index in [4.69, 9.17) is 5.11 Å². The summed E-state index contributed by atoms with van der Waals surface area (Å²) < 4.78 is 39.1. The average molecular weight is 295 g/mol. The van der Waals surface area contributed by atoms with Crippen molar-refractivity contribution < 1.29 is 23.1 Å². The fourth-order valence-electron chi connectivity index (χ4n) is 1.82. The van der Waals surface area contributed by atoms with E-state index in [0.29, 0.717) is 0 Å². The van der Waals surface area contributed by atoms with Crippen LogP contribution in [0, 0.1) is 0 Å². The molecule has 0 aliphatic carbocycles. The van der Waals surface area contributed by atoms with E-state index in [9.17, 15) is 18.0 Å². The first kappa shape index (κ1) is 16.0. The van der Waals surface area contributed by atoms with Crippen LogP contribution >= 0.6 is 11.3 Å². The van der Waals surface area contributed by atoms with Gasteiger partial charge in [-0.1, -0.05) is 6.07 Å². The minimum absolute atomic E-state index is 0.104. The van der Waals surface area contributed by atoms with Gasteiger partial charge in [-0.3, -0.25) is 9.69 Å². The van der Waals surface area contributed by atoms with Gasteiger partial charge in [-0.2, -0.15) is 13.2 Å². The topological polar surface area (TPSA) is 40.5 Å². The molecule has 0 bridgehead atoms. The number of thiophene rings is 1. The second-order valence-electron chi connectivity index (χ2n) is 4.50. The molecule has 7 heteroatoms. The zero-order valence-electron chi connectivity index (χ0n) is 10.6. The van der Waals surface area contributed by atoms with Gasteiger partial charge in [0.1, 0.15) is 6.04 Å². The second-order valence-corrected chi connectivity index (χ2v) is 5.53.